The first-order valence-corrected chi connectivity index (χ1v) is 9.26. The van der Waals surface area contributed by atoms with E-state index in [1.54, 1.807) is 0 Å². The van der Waals surface area contributed by atoms with Gasteiger partial charge in [0.05, 0.1) is 17.7 Å². The summed E-state index contributed by atoms with van der Waals surface area (Å²) in [5.41, 5.74) is 1.28. The highest BCUT2D eigenvalue weighted by atomic mass is 16.3. The van der Waals surface area contributed by atoms with Crippen molar-refractivity contribution in [2.24, 2.45) is 0 Å². The van der Waals surface area contributed by atoms with Crippen LogP contribution in [0.25, 0.3) is 5.65 Å². The summed E-state index contributed by atoms with van der Waals surface area (Å²) in [7, 11) is 0. The van der Waals surface area contributed by atoms with Crippen molar-refractivity contribution in [2.45, 2.75) is 44.2 Å². The van der Waals surface area contributed by atoms with Gasteiger partial charge in [0.15, 0.2) is 0 Å². The van der Waals surface area contributed by atoms with E-state index < -0.39 is 5.60 Å². The number of aromatic nitrogens is 2. The quantitative estimate of drug-likeness (QED) is 0.918. The zero-order valence-electron chi connectivity index (χ0n) is 14.6. The van der Waals surface area contributed by atoms with Gasteiger partial charge in [0.2, 0.25) is 5.91 Å². The third kappa shape index (κ3) is 3.70. The van der Waals surface area contributed by atoms with Crippen molar-refractivity contribution in [3.8, 4) is 0 Å². The average Bonchev–Trinajstić information content (AvgIpc) is 3.21. The Kier molecular flexibility index (Phi) is 4.48. The minimum absolute atomic E-state index is 0.108. The van der Waals surface area contributed by atoms with Crippen LogP contribution in [0, 0.1) is 0 Å². The molecule has 1 amide bonds. The van der Waals surface area contributed by atoms with Crippen molar-refractivity contribution in [3.63, 3.8) is 0 Å². The summed E-state index contributed by atoms with van der Waals surface area (Å²) in [6.07, 6.45) is 7.99. The van der Waals surface area contributed by atoms with Crippen LogP contribution in [0.3, 0.4) is 0 Å². The standard InChI is InChI=1S/C19H26N4O2/c24-18(13-19(25)6-2-3-7-19)22-11-9-21(10-12-22)14-16-15-23-8-4-1-5-17(23)20-16/h1,4-5,8,15,25H,2-3,6-7,9-14H2. The van der Waals surface area contributed by atoms with Crippen LogP contribution < -0.4 is 0 Å². The van der Waals surface area contributed by atoms with Gasteiger partial charge in [0, 0.05) is 45.1 Å². The lowest BCUT2D eigenvalue weighted by atomic mass is 9.97. The molecule has 0 spiro atoms. The van der Waals surface area contributed by atoms with Crippen molar-refractivity contribution in [3.05, 3.63) is 36.3 Å². The van der Waals surface area contributed by atoms with Crippen LogP contribution in [0.2, 0.25) is 0 Å². The lowest BCUT2D eigenvalue weighted by Crippen LogP contribution is -2.49. The molecule has 134 valence electrons. The summed E-state index contributed by atoms with van der Waals surface area (Å²) in [5.74, 6) is 0.108. The van der Waals surface area contributed by atoms with Gasteiger partial charge in [-0.05, 0) is 25.0 Å². The maximum absolute atomic E-state index is 12.5. The molecule has 0 atom stereocenters. The molecule has 6 heteroatoms. The van der Waals surface area contributed by atoms with Crippen LogP contribution in [-0.2, 0) is 11.3 Å². The molecule has 2 aromatic heterocycles. The number of hydrogen-bond donors (Lipinski definition) is 1. The predicted octanol–water partition coefficient (Wildman–Crippen LogP) is 1.67. The zero-order valence-corrected chi connectivity index (χ0v) is 14.6. The molecule has 0 aromatic carbocycles. The van der Waals surface area contributed by atoms with Gasteiger partial charge < -0.3 is 14.4 Å². The Balaban J connectivity index is 1.29. The summed E-state index contributed by atoms with van der Waals surface area (Å²) in [6.45, 7) is 4.01. The van der Waals surface area contributed by atoms with E-state index in [9.17, 15) is 9.90 Å². The van der Waals surface area contributed by atoms with Gasteiger partial charge in [0.25, 0.3) is 0 Å². The lowest BCUT2D eigenvalue weighted by Gasteiger charge is -2.35. The van der Waals surface area contributed by atoms with Gasteiger partial charge in [-0.15, -0.1) is 0 Å². The van der Waals surface area contributed by atoms with Gasteiger partial charge in [-0.25, -0.2) is 4.98 Å². The Morgan fingerprint density at radius 2 is 1.92 bits per heavy atom. The molecule has 1 aliphatic carbocycles. The number of fused-ring (bicyclic) bond motifs is 1. The number of carbonyl (C=O) groups is 1. The Morgan fingerprint density at radius 1 is 1.16 bits per heavy atom. The second-order valence-corrected chi connectivity index (χ2v) is 7.46. The number of carbonyl (C=O) groups excluding carboxylic acids is 1. The monoisotopic (exact) mass is 342 g/mol. The zero-order chi connectivity index (χ0) is 17.3. The van der Waals surface area contributed by atoms with Crippen molar-refractivity contribution in [1.82, 2.24) is 19.2 Å². The molecule has 25 heavy (non-hydrogen) atoms. The number of aliphatic hydroxyl groups is 1. The van der Waals surface area contributed by atoms with Crippen LogP contribution in [0.5, 0.6) is 0 Å². The van der Waals surface area contributed by atoms with Gasteiger partial charge in [-0.3, -0.25) is 9.69 Å². The third-order valence-electron chi connectivity index (χ3n) is 5.54. The van der Waals surface area contributed by atoms with Crippen LogP contribution in [0.1, 0.15) is 37.8 Å². The minimum Gasteiger partial charge on any atom is -0.389 e. The van der Waals surface area contributed by atoms with Crippen molar-refractivity contribution in [1.29, 1.82) is 0 Å². The molecule has 2 aromatic rings. The smallest absolute Gasteiger partial charge is 0.225 e. The Morgan fingerprint density at radius 3 is 2.64 bits per heavy atom. The average molecular weight is 342 g/mol. The molecule has 1 aliphatic heterocycles. The highest BCUT2D eigenvalue weighted by molar-refractivity contribution is 5.77. The molecule has 1 saturated carbocycles. The number of hydrogen-bond acceptors (Lipinski definition) is 4. The molecular formula is C19H26N4O2. The summed E-state index contributed by atoms with van der Waals surface area (Å²) in [5, 5.41) is 10.4. The van der Waals surface area contributed by atoms with Crippen LogP contribution in [0.4, 0.5) is 0 Å². The van der Waals surface area contributed by atoms with Crippen LogP contribution in [0.15, 0.2) is 30.6 Å². The Labute approximate surface area is 148 Å². The normalized spacial score (nSPS) is 21.1. The largest absolute Gasteiger partial charge is 0.389 e. The van der Waals surface area contributed by atoms with E-state index in [0.717, 1.165) is 69.7 Å². The Hall–Kier alpha value is -1.92. The molecule has 3 heterocycles. The van der Waals surface area contributed by atoms with E-state index >= 15 is 0 Å². The second-order valence-electron chi connectivity index (χ2n) is 7.46. The number of nitrogens with zero attached hydrogens (tertiary/aromatic N) is 4. The van der Waals surface area contributed by atoms with Crippen molar-refractivity contribution in [2.75, 3.05) is 26.2 Å². The minimum atomic E-state index is -0.745. The second kappa shape index (κ2) is 6.77. The van der Waals surface area contributed by atoms with E-state index in [1.165, 1.54) is 0 Å². The van der Waals surface area contributed by atoms with E-state index in [2.05, 4.69) is 16.1 Å². The van der Waals surface area contributed by atoms with Crippen LogP contribution >= 0.6 is 0 Å². The number of amides is 1. The van der Waals surface area contributed by atoms with Gasteiger partial charge in [0.1, 0.15) is 5.65 Å². The van der Waals surface area contributed by atoms with E-state index in [0.29, 0.717) is 6.42 Å². The van der Waals surface area contributed by atoms with Crippen molar-refractivity contribution >= 4 is 11.6 Å². The summed E-state index contributed by atoms with van der Waals surface area (Å²) in [6, 6.07) is 6.00. The fourth-order valence-electron chi connectivity index (χ4n) is 4.05. The summed E-state index contributed by atoms with van der Waals surface area (Å²) < 4.78 is 2.04. The molecule has 0 radical (unpaired) electrons. The number of imidazole rings is 1. The maximum atomic E-state index is 12.5. The van der Waals surface area contributed by atoms with Gasteiger partial charge >= 0.3 is 0 Å². The number of rotatable bonds is 4. The number of piperazine rings is 1. The summed E-state index contributed by atoms with van der Waals surface area (Å²) >= 11 is 0. The summed E-state index contributed by atoms with van der Waals surface area (Å²) in [4.78, 5) is 21.4. The highest BCUT2D eigenvalue weighted by Crippen LogP contribution is 2.32. The first-order chi connectivity index (χ1) is 12.1. The van der Waals surface area contributed by atoms with Crippen LogP contribution in [-0.4, -0.2) is 62.0 Å². The first kappa shape index (κ1) is 16.5. The molecule has 6 nitrogen and oxygen atoms in total. The van der Waals surface area contributed by atoms with E-state index in [-0.39, 0.29) is 5.91 Å². The fraction of sp³-hybridized carbons (Fsp3) is 0.579. The number of pyridine rings is 1. The van der Waals surface area contributed by atoms with Crippen molar-refractivity contribution < 1.29 is 9.90 Å². The first-order valence-electron chi connectivity index (χ1n) is 9.26. The molecule has 2 fully saturated rings. The maximum Gasteiger partial charge on any atom is 0.225 e. The topological polar surface area (TPSA) is 61.1 Å². The molecule has 1 N–H and O–H groups in total. The molecule has 0 unspecified atom stereocenters. The SMILES string of the molecule is O=C(CC1(O)CCCC1)N1CCN(Cc2cn3ccccc3n2)CC1. The predicted molar refractivity (Wildman–Crippen MR) is 95.1 cm³/mol. The van der Waals surface area contributed by atoms with Gasteiger partial charge in [-0.1, -0.05) is 18.9 Å². The van der Waals surface area contributed by atoms with E-state index in [1.807, 2.05) is 33.7 Å². The molecule has 4 rings (SSSR count). The Bertz CT molecular complexity index is 710. The van der Waals surface area contributed by atoms with E-state index in [4.69, 9.17) is 0 Å². The fourth-order valence-corrected chi connectivity index (χ4v) is 4.05. The molecule has 2 aliphatic rings. The molecular weight excluding hydrogens is 316 g/mol. The molecule has 0 bridgehead atoms. The molecule has 1 saturated heterocycles. The van der Waals surface area contributed by atoms with Gasteiger partial charge in [-0.2, -0.15) is 0 Å². The highest BCUT2D eigenvalue weighted by Gasteiger charge is 2.35. The third-order valence-corrected chi connectivity index (χ3v) is 5.54. The lowest BCUT2D eigenvalue weighted by molar-refractivity contribution is -0.138.